The number of anilines is 2. The van der Waals surface area contributed by atoms with Gasteiger partial charge in [0, 0.05) is 28.4 Å². The van der Waals surface area contributed by atoms with Crippen LogP contribution in [0.25, 0.3) is 6.08 Å². The summed E-state index contributed by atoms with van der Waals surface area (Å²) in [7, 11) is 0. The van der Waals surface area contributed by atoms with Gasteiger partial charge in [-0.2, -0.15) is 0 Å². The van der Waals surface area contributed by atoms with E-state index in [4.69, 9.17) is 0 Å². The first-order chi connectivity index (χ1) is 20.0. The summed E-state index contributed by atoms with van der Waals surface area (Å²) < 4.78 is 0. The molecule has 7 heteroatoms. The van der Waals surface area contributed by atoms with Crippen LogP contribution in [-0.2, 0) is 16.0 Å². The van der Waals surface area contributed by atoms with E-state index in [1.165, 1.54) is 17.3 Å². The summed E-state index contributed by atoms with van der Waals surface area (Å²) in [4.78, 5) is 41.9. The number of aryl methyl sites for hydroxylation is 2. The zero-order valence-corrected chi connectivity index (χ0v) is 23.6. The van der Waals surface area contributed by atoms with Crippen LogP contribution in [0.4, 0.5) is 11.4 Å². The lowest BCUT2D eigenvalue weighted by Crippen LogP contribution is -2.36. The van der Waals surface area contributed by atoms with Gasteiger partial charge >= 0.3 is 0 Å². The van der Waals surface area contributed by atoms with Crippen molar-refractivity contribution in [3.8, 4) is 0 Å². The van der Waals surface area contributed by atoms with Gasteiger partial charge in [-0.1, -0.05) is 66.2 Å². The van der Waals surface area contributed by atoms with Crippen LogP contribution in [0, 0.1) is 6.92 Å². The first-order valence-corrected chi connectivity index (χ1v) is 14.5. The Hall–Kier alpha value is -4.62. The Morgan fingerprint density at radius 1 is 0.854 bits per heavy atom. The van der Waals surface area contributed by atoms with Gasteiger partial charge < -0.3 is 15.5 Å². The monoisotopic (exact) mass is 561 g/mol. The van der Waals surface area contributed by atoms with Crippen LogP contribution in [0.5, 0.6) is 0 Å². The van der Waals surface area contributed by atoms with Crippen LogP contribution in [-0.4, -0.2) is 30.0 Å². The lowest BCUT2D eigenvalue weighted by atomic mass is 10.0. The quantitative estimate of drug-likeness (QED) is 0.191. The van der Waals surface area contributed by atoms with E-state index in [9.17, 15) is 14.4 Å². The minimum Gasteiger partial charge on any atom is -0.321 e. The summed E-state index contributed by atoms with van der Waals surface area (Å²) in [5, 5.41) is 5.64. The van der Waals surface area contributed by atoms with Crippen LogP contribution >= 0.6 is 11.8 Å². The molecule has 0 bridgehead atoms. The molecule has 41 heavy (non-hydrogen) atoms. The van der Waals surface area contributed by atoms with Crippen LogP contribution < -0.4 is 15.5 Å². The van der Waals surface area contributed by atoms with Gasteiger partial charge in [0.15, 0.2) is 0 Å². The number of carbonyl (C=O) groups is 3. The smallest absolute Gasteiger partial charge is 0.272 e. The van der Waals surface area contributed by atoms with Gasteiger partial charge in [0.1, 0.15) is 5.70 Å². The minimum atomic E-state index is -0.436. The SMILES string of the molecule is Cc1ccc(/C=C(\NC(=O)c2ccccc2)C(=O)Nc2ccc(SCC(=O)N3CCCc4ccccc43)cc2)cc1. The van der Waals surface area contributed by atoms with Crippen molar-refractivity contribution in [3.63, 3.8) is 0 Å². The molecule has 0 aromatic heterocycles. The topological polar surface area (TPSA) is 78.5 Å². The number of nitrogens with one attached hydrogen (secondary N) is 2. The molecule has 1 aliphatic heterocycles. The number of hydrogen-bond donors (Lipinski definition) is 2. The van der Waals surface area contributed by atoms with Crippen LogP contribution in [0.3, 0.4) is 0 Å². The Morgan fingerprint density at radius 2 is 1.56 bits per heavy atom. The van der Waals surface area contributed by atoms with Crippen molar-refractivity contribution < 1.29 is 14.4 Å². The summed E-state index contributed by atoms with van der Waals surface area (Å²) in [5.41, 5.74) is 5.29. The fraction of sp³-hybridized carbons (Fsp3) is 0.147. The van der Waals surface area contributed by atoms with E-state index in [1.807, 2.05) is 72.5 Å². The molecular weight excluding hydrogens is 530 g/mol. The standard InChI is InChI=1S/C34H31N3O3S/c1-24-13-15-25(16-14-24)22-30(36-33(39)27-9-3-2-4-10-27)34(40)35-28-17-19-29(20-18-28)41-23-32(38)37-21-7-11-26-8-5-6-12-31(26)37/h2-6,8-10,12-20,22H,7,11,21,23H2,1H3,(H,35,40)(H,36,39)/b30-22-. The third-order valence-corrected chi connectivity index (χ3v) is 7.80. The highest BCUT2D eigenvalue weighted by Gasteiger charge is 2.22. The largest absolute Gasteiger partial charge is 0.321 e. The lowest BCUT2D eigenvalue weighted by molar-refractivity contribution is -0.116. The normalized spacial score (nSPS) is 12.8. The number of fused-ring (bicyclic) bond motifs is 1. The van der Waals surface area contributed by atoms with E-state index in [1.54, 1.807) is 42.5 Å². The maximum Gasteiger partial charge on any atom is 0.272 e. The van der Waals surface area contributed by atoms with Gasteiger partial charge in [-0.25, -0.2) is 0 Å². The molecule has 5 rings (SSSR count). The second-order valence-corrected chi connectivity index (χ2v) is 10.9. The van der Waals surface area contributed by atoms with Crippen molar-refractivity contribution in [1.82, 2.24) is 5.32 Å². The van der Waals surface area contributed by atoms with Crippen molar-refractivity contribution in [2.24, 2.45) is 0 Å². The molecule has 0 unspecified atom stereocenters. The number of amides is 3. The predicted octanol–water partition coefficient (Wildman–Crippen LogP) is 6.48. The highest BCUT2D eigenvalue weighted by Crippen LogP contribution is 2.28. The van der Waals surface area contributed by atoms with Crippen LogP contribution in [0.2, 0.25) is 0 Å². The average Bonchev–Trinajstić information content (AvgIpc) is 3.01. The molecule has 0 saturated carbocycles. The summed E-state index contributed by atoms with van der Waals surface area (Å²) in [6.07, 6.45) is 3.62. The van der Waals surface area contributed by atoms with Gasteiger partial charge in [-0.3, -0.25) is 14.4 Å². The Bertz CT molecular complexity index is 1570. The molecular formula is C34H31N3O3S. The van der Waals surface area contributed by atoms with Crippen molar-refractivity contribution in [2.75, 3.05) is 22.5 Å². The van der Waals surface area contributed by atoms with E-state index >= 15 is 0 Å². The summed E-state index contributed by atoms with van der Waals surface area (Å²) in [6.45, 7) is 2.73. The molecule has 0 spiro atoms. The fourth-order valence-corrected chi connectivity index (χ4v) is 5.39. The summed E-state index contributed by atoms with van der Waals surface area (Å²) in [6, 6.07) is 31.9. The van der Waals surface area contributed by atoms with Crippen LogP contribution in [0.1, 0.15) is 33.5 Å². The molecule has 4 aromatic carbocycles. The fourth-order valence-electron chi connectivity index (χ4n) is 4.62. The number of rotatable bonds is 8. The molecule has 0 atom stereocenters. The number of carbonyl (C=O) groups excluding carboxylic acids is 3. The van der Waals surface area contributed by atoms with Gasteiger partial charge in [-0.15, -0.1) is 11.8 Å². The van der Waals surface area contributed by atoms with E-state index < -0.39 is 5.91 Å². The number of para-hydroxylation sites is 1. The third kappa shape index (κ3) is 7.32. The van der Waals surface area contributed by atoms with E-state index in [2.05, 4.69) is 16.7 Å². The highest BCUT2D eigenvalue weighted by atomic mass is 32.2. The predicted molar refractivity (Wildman–Crippen MR) is 166 cm³/mol. The first kappa shape index (κ1) is 27.9. The van der Waals surface area contributed by atoms with Crippen molar-refractivity contribution in [2.45, 2.75) is 24.7 Å². The maximum absolute atomic E-state index is 13.3. The summed E-state index contributed by atoms with van der Waals surface area (Å²) >= 11 is 1.47. The van der Waals surface area contributed by atoms with Gasteiger partial charge in [-0.05, 0) is 79.4 Å². The van der Waals surface area contributed by atoms with Gasteiger partial charge in [0.2, 0.25) is 5.91 Å². The van der Waals surface area contributed by atoms with Crippen LogP contribution in [0.15, 0.2) is 114 Å². The number of hydrogen-bond acceptors (Lipinski definition) is 4. The molecule has 0 fully saturated rings. The molecule has 3 amide bonds. The molecule has 0 saturated heterocycles. The van der Waals surface area contributed by atoms with Gasteiger partial charge in [0.05, 0.1) is 5.75 Å². The number of thioether (sulfide) groups is 1. The summed E-state index contributed by atoms with van der Waals surface area (Å²) in [5.74, 6) is -0.393. The molecule has 1 heterocycles. The molecule has 2 N–H and O–H groups in total. The molecule has 0 aliphatic carbocycles. The van der Waals surface area contributed by atoms with Crippen molar-refractivity contribution in [1.29, 1.82) is 0 Å². The molecule has 6 nitrogen and oxygen atoms in total. The minimum absolute atomic E-state index is 0.0829. The van der Waals surface area contributed by atoms with E-state index in [-0.39, 0.29) is 17.5 Å². The molecule has 1 aliphatic rings. The Kier molecular flexibility index (Phi) is 8.96. The number of nitrogens with zero attached hydrogens (tertiary/aromatic N) is 1. The first-order valence-electron chi connectivity index (χ1n) is 13.5. The van der Waals surface area contributed by atoms with E-state index in [0.29, 0.717) is 17.0 Å². The third-order valence-electron chi connectivity index (χ3n) is 6.80. The second kappa shape index (κ2) is 13.2. The Labute approximate surface area is 244 Å². The maximum atomic E-state index is 13.3. The molecule has 206 valence electrons. The molecule has 0 radical (unpaired) electrons. The Morgan fingerprint density at radius 3 is 2.32 bits per heavy atom. The number of benzene rings is 4. The average molecular weight is 562 g/mol. The van der Waals surface area contributed by atoms with Crippen molar-refractivity contribution in [3.05, 3.63) is 131 Å². The Balaban J connectivity index is 1.24. The second-order valence-electron chi connectivity index (χ2n) is 9.83. The van der Waals surface area contributed by atoms with Crippen molar-refractivity contribution >= 4 is 46.9 Å². The van der Waals surface area contributed by atoms with Gasteiger partial charge in [0.25, 0.3) is 11.8 Å². The lowest BCUT2D eigenvalue weighted by Gasteiger charge is -2.29. The zero-order valence-electron chi connectivity index (χ0n) is 22.8. The highest BCUT2D eigenvalue weighted by molar-refractivity contribution is 8.00. The zero-order chi connectivity index (χ0) is 28.6. The van der Waals surface area contributed by atoms with E-state index in [0.717, 1.165) is 41.1 Å². The molecule has 4 aromatic rings.